The van der Waals surface area contributed by atoms with Gasteiger partial charge in [0.25, 0.3) is 5.56 Å². The number of carbonyl (C=O) groups excluding carboxylic acids is 1. The lowest BCUT2D eigenvalue weighted by molar-refractivity contribution is -0.139. The van der Waals surface area contributed by atoms with Gasteiger partial charge in [0.05, 0.1) is 46.1 Å². The maximum absolute atomic E-state index is 14.0. The molecule has 0 amide bonds. The molecule has 2 aromatic carbocycles. The highest BCUT2D eigenvalue weighted by molar-refractivity contribution is 9.10. The minimum Gasteiger partial charge on any atom is -0.496 e. The number of ether oxygens (including phenoxy) is 3. The predicted octanol–water partition coefficient (Wildman–Crippen LogP) is 5.90. The molecule has 0 spiro atoms. The number of benzene rings is 2. The average Bonchev–Trinajstić information content (AvgIpc) is 3.19. The Morgan fingerprint density at radius 1 is 1.15 bits per heavy atom. The lowest BCUT2D eigenvalue weighted by atomic mass is 9.94. The van der Waals surface area contributed by atoms with Crippen molar-refractivity contribution in [2.75, 3.05) is 13.7 Å². The Morgan fingerprint density at radius 2 is 1.90 bits per heavy atom. The van der Waals surface area contributed by atoms with Crippen molar-refractivity contribution in [2.45, 2.75) is 52.7 Å². The number of methoxy groups -OCH3 is 1. The number of hydrogen-bond donors (Lipinski definition) is 0. The van der Waals surface area contributed by atoms with E-state index in [0.29, 0.717) is 43.0 Å². The Bertz CT molecular complexity index is 1610. The zero-order chi connectivity index (χ0) is 28.3. The Morgan fingerprint density at radius 3 is 2.54 bits per heavy atom. The first kappa shape index (κ1) is 29.3. The molecule has 4 rings (SSSR count). The number of fused-ring (bicyclic) bond motifs is 1. The second-order valence-electron chi connectivity index (χ2n) is 9.16. The third-order valence-corrected chi connectivity index (χ3v) is 8.10. The molecule has 2 heterocycles. The van der Waals surface area contributed by atoms with Crippen molar-refractivity contribution in [3.05, 3.63) is 87.4 Å². The Hall–Kier alpha value is -2.69. The number of halogens is 2. The van der Waals surface area contributed by atoms with Crippen LogP contribution in [0.3, 0.4) is 0 Å². The van der Waals surface area contributed by atoms with E-state index in [0.717, 1.165) is 22.0 Å². The minimum atomic E-state index is -0.708. The van der Waals surface area contributed by atoms with Crippen molar-refractivity contribution in [1.82, 2.24) is 4.57 Å². The third kappa shape index (κ3) is 6.23. The van der Waals surface area contributed by atoms with Crippen LogP contribution in [0.4, 0.5) is 0 Å². The number of allylic oxidation sites excluding steroid dienone is 1. The van der Waals surface area contributed by atoms with E-state index in [4.69, 9.17) is 19.2 Å². The Balaban J connectivity index is 2.01. The van der Waals surface area contributed by atoms with Crippen molar-refractivity contribution in [2.24, 2.45) is 4.99 Å². The lowest BCUT2D eigenvalue weighted by Crippen LogP contribution is -2.40. The van der Waals surface area contributed by atoms with Gasteiger partial charge in [0.2, 0.25) is 0 Å². The van der Waals surface area contributed by atoms with E-state index in [1.165, 1.54) is 11.3 Å². The van der Waals surface area contributed by atoms with Gasteiger partial charge in [-0.1, -0.05) is 46.7 Å². The van der Waals surface area contributed by atoms with E-state index in [9.17, 15) is 9.59 Å². The van der Waals surface area contributed by atoms with Gasteiger partial charge in [-0.15, -0.1) is 0 Å². The van der Waals surface area contributed by atoms with Gasteiger partial charge in [-0.05, 0) is 85.1 Å². The van der Waals surface area contributed by atoms with Gasteiger partial charge >= 0.3 is 5.97 Å². The maximum Gasteiger partial charge on any atom is 0.338 e. The maximum atomic E-state index is 14.0. The molecule has 0 fully saturated rings. The molecule has 1 aliphatic rings. The van der Waals surface area contributed by atoms with E-state index in [1.807, 2.05) is 63.2 Å². The summed E-state index contributed by atoms with van der Waals surface area (Å²) in [6.45, 7) is 7.93. The summed E-state index contributed by atoms with van der Waals surface area (Å²) in [4.78, 5) is 32.8. The number of aromatic nitrogens is 1. The molecular formula is C29H30Br2N2O5S. The fourth-order valence-corrected chi connectivity index (χ4v) is 6.37. The van der Waals surface area contributed by atoms with Crippen LogP contribution in [0.25, 0.3) is 6.08 Å². The molecule has 0 saturated heterocycles. The predicted molar refractivity (Wildman–Crippen MR) is 160 cm³/mol. The first-order valence-electron chi connectivity index (χ1n) is 12.7. The number of thiazole rings is 1. The highest BCUT2D eigenvalue weighted by Gasteiger charge is 2.34. The summed E-state index contributed by atoms with van der Waals surface area (Å²) in [5.41, 5.74) is 2.27. The van der Waals surface area contributed by atoms with Crippen LogP contribution in [-0.4, -0.2) is 30.4 Å². The van der Waals surface area contributed by atoms with Gasteiger partial charge in [0.1, 0.15) is 11.5 Å². The first-order chi connectivity index (χ1) is 18.7. The Kier molecular flexibility index (Phi) is 9.51. The number of esters is 1. The van der Waals surface area contributed by atoms with Crippen molar-refractivity contribution in [3.8, 4) is 11.5 Å². The second-order valence-corrected chi connectivity index (χ2v) is 11.9. The van der Waals surface area contributed by atoms with Crippen molar-refractivity contribution in [1.29, 1.82) is 0 Å². The van der Waals surface area contributed by atoms with Gasteiger partial charge in [-0.3, -0.25) is 9.36 Å². The zero-order valence-corrected chi connectivity index (χ0v) is 26.4. The van der Waals surface area contributed by atoms with Crippen LogP contribution in [0.15, 0.2) is 66.4 Å². The van der Waals surface area contributed by atoms with Crippen LogP contribution < -0.4 is 24.4 Å². The smallest absolute Gasteiger partial charge is 0.338 e. The molecule has 39 heavy (non-hydrogen) atoms. The molecule has 1 atom stereocenters. The van der Waals surface area contributed by atoms with E-state index >= 15 is 0 Å². The molecular weight excluding hydrogens is 648 g/mol. The summed E-state index contributed by atoms with van der Waals surface area (Å²) in [6.07, 6.45) is 3.15. The van der Waals surface area contributed by atoms with Gasteiger partial charge in [-0.25, -0.2) is 9.79 Å². The van der Waals surface area contributed by atoms with Crippen LogP contribution in [0.5, 0.6) is 11.5 Å². The topological polar surface area (TPSA) is 79.1 Å². The van der Waals surface area contributed by atoms with E-state index < -0.39 is 12.0 Å². The van der Waals surface area contributed by atoms with Gasteiger partial charge in [0.15, 0.2) is 4.80 Å². The minimum absolute atomic E-state index is 0.0307. The number of hydrogen-bond acceptors (Lipinski definition) is 7. The highest BCUT2D eigenvalue weighted by Crippen LogP contribution is 2.36. The number of carbonyl (C=O) groups is 1. The van der Waals surface area contributed by atoms with Gasteiger partial charge in [-0.2, -0.15) is 0 Å². The molecule has 0 N–H and O–H groups in total. The molecule has 0 aliphatic carbocycles. The summed E-state index contributed by atoms with van der Waals surface area (Å²) < 4.78 is 20.5. The lowest BCUT2D eigenvalue weighted by Gasteiger charge is -2.26. The molecule has 0 radical (unpaired) electrons. The van der Waals surface area contributed by atoms with Gasteiger partial charge in [0, 0.05) is 10.0 Å². The second kappa shape index (κ2) is 12.7. The van der Waals surface area contributed by atoms with Crippen LogP contribution in [0.1, 0.15) is 57.7 Å². The first-order valence-corrected chi connectivity index (χ1v) is 15.1. The average molecular weight is 678 g/mol. The molecule has 10 heteroatoms. The largest absolute Gasteiger partial charge is 0.496 e. The van der Waals surface area contributed by atoms with Crippen LogP contribution >= 0.6 is 43.2 Å². The third-order valence-electron chi connectivity index (χ3n) is 6.00. The fraction of sp³-hybridized carbons (Fsp3) is 0.345. The molecule has 1 aliphatic heterocycles. The SMILES string of the molecule is CCCC1=C(C(=O)OCC)[C@@H](c2ccc(OC)c(Br)c2)n2c(s/c(=C/c3cc(Br)ccc3OC(C)C)c2=O)=N1. The normalized spacial score (nSPS) is 15.3. The molecule has 7 nitrogen and oxygen atoms in total. The Labute approximate surface area is 248 Å². The molecule has 0 bridgehead atoms. The molecule has 206 valence electrons. The van der Waals surface area contributed by atoms with Crippen molar-refractivity contribution < 1.29 is 19.0 Å². The summed E-state index contributed by atoms with van der Waals surface area (Å²) in [5.74, 6) is 0.845. The molecule has 1 aromatic heterocycles. The highest BCUT2D eigenvalue weighted by atomic mass is 79.9. The molecule has 0 unspecified atom stereocenters. The summed E-state index contributed by atoms with van der Waals surface area (Å²) in [7, 11) is 1.59. The fourth-order valence-electron chi connectivity index (χ4n) is 4.42. The zero-order valence-electron chi connectivity index (χ0n) is 22.4. The summed E-state index contributed by atoms with van der Waals surface area (Å²) in [6, 6.07) is 10.5. The van der Waals surface area contributed by atoms with Crippen LogP contribution in [0.2, 0.25) is 0 Å². The van der Waals surface area contributed by atoms with E-state index in [1.54, 1.807) is 18.6 Å². The monoisotopic (exact) mass is 676 g/mol. The quantitative estimate of drug-likeness (QED) is 0.264. The van der Waals surface area contributed by atoms with Crippen LogP contribution in [-0.2, 0) is 9.53 Å². The summed E-state index contributed by atoms with van der Waals surface area (Å²) in [5, 5.41) is 0. The van der Waals surface area contributed by atoms with Crippen molar-refractivity contribution in [3.63, 3.8) is 0 Å². The van der Waals surface area contributed by atoms with Gasteiger partial charge < -0.3 is 14.2 Å². The molecule has 3 aromatic rings. The van der Waals surface area contributed by atoms with Crippen molar-refractivity contribution >= 4 is 55.2 Å². The standard InChI is InChI=1S/C29H30Br2N2O5S/c1-6-8-21-25(28(35)37-7-2)26(17-9-11-23(36-5)20(31)14-17)33-27(34)24(39-29(33)32-21)15-18-13-19(30)10-12-22(18)38-16(3)4/h9-16,26H,6-8H2,1-5H3/b24-15+/t26-/m1/s1. The number of nitrogens with zero attached hydrogens (tertiary/aromatic N) is 2. The van der Waals surface area contributed by atoms with E-state index in [2.05, 4.69) is 31.9 Å². The van der Waals surface area contributed by atoms with E-state index in [-0.39, 0.29) is 18.3 Å². The molecule has 0 saturated carbocycles. The number of rotatable bonds is 9. The van der Waals surface area contributed by atoms with Crippen LogP contribution in [0, 0.1) is 0 Å². The summed E-state index contributed by atoms with van der Waals surface area (Å²) >= 11 is 8.38.